The third kappa shape index (κ3) is 2.47. The van der Waals surface area contributed by atoms with Crippen molar-refractivity contribution in [1.29, 1.82) is 0 Å². The van der Waals surface area contributed by atoms with Crippen LogP contribution >= 0.6 is 0 Å². The van der Waals surface area contributed by atoms with Crippen molar-refractivity contribution in [2.75, 3.05) is 0 Å². The van der Waals surface area contributed by atoms with Crippen LogP contribution in [0.2, 0.25) is 0 Å². The van der Waals surface area contributed by atoms with Gasteiger partial charge in [0.15, 0.2) is 0 Å². The molecule has 0 aromatic heterocycles. The van der Waals surface area contributed by atoms with E-state index in [-0.39, 0.29) is 5.66 Å². The Kier molecular flexibility index (Phi) is 3.51. The molecular formula is C20H24N2. The van der Waals surface area contributed by atoms with Crippen molar-refractivity contribution in [3.05, 3.63) is 71.8 Å². The fourth-order valence-corrected chi connectivity index (χ4v) is 4.23. The smallest absolute Gasteiger partial charge is 0.0700 e. The van der Waals surface area contributed by atoms with Crippen LogP contribution in [0.25, 0.3) is 0 Å². The second kappa shape index (κ2) is 5.53. The Morgan fingerprint density at radius 1 is 0.818 bits per heavy atom. The van der Waals surface area contributed by atoms with Crippen LogP contribution in [-0.4, -0.2) is 5.66 Å². The van der Waals surface area contributed by atoms with E-state index in [4.69, 9.17) is 0 Å². The van der Waals surface area contributed by atoms with Crippen molar-refractivity contribution in [1.82, 2.24) is 10.6 Å². The Hall–Kier alpha value is -1.64. The van der Waals surface area contributed by atoms with Gasteiger partial charge in [0, 0.05) is 0 Å². The van der Waals surface area contributed by atoms with E-state index in [1.165, 1.54) is 30.4 Å². The minimum Gasteiger partial charge on any atom is -0.290 e. The van der Waals surface area contributed by atoms with Crippen LogP contribution in [0.1, 0.15) is 49.4 Å². The molecule has 2 aromatic rings. The number of hydrogen-bond acceptors (Lipinski definition) is 2. The van der Waals surface area contributed by atoms with Gasteiger partial charge in [0.2, 0.25) is 0 Å². The number of benzene rings is 2. The molecule has 2 aromatic carbocycles. The minimum absolute atomic E-state index is 0.112. The lowest BCUT2D eigenvalue weighted by Crippen LogP contribution is -2.47. The van der Waals surface area contributed by atoms with Crippen molar-refractivity contribution < 1.29 is 0 Å². The van der Waals surface area contributed by atoms with E-state index in [0.29, 0.717) is 12.1 Å². The molecule has 1 aliphatic heterocycles. The summed E-state index contributed by atoms with van der Waals surface area (Å²) in [6.45, 7) is 2.37. The molecule has 2 N–H and O–H groups in total. The van der Waals surface area contributed by atoms with E-state index in [1.807, 2.05) is 0 Å². The zero-order chi connectivity index (χ0) is 15.0. The first-order chi connectivity index (χ1) is 10.8. The summed E-state index contributed by atoms with van der Waals surface area (Å²) in [5.41, 5.74) is 2.86. The molecule has 0 amide bonds. The number of hydrogen-bond donors (Lipinski definition) is 2. The highest BCUT2D eigenvalue weighted by atomic mass is 15.3. The van der Waals surface area contributed by atoms with Crippen molar-refractivity contribution in [2.24, 2.45) is 5.92 Å². The molecule has 2 heteroatoms. The van der Waals surface area contributed by atoms with Crippen molar-refractivity contribution in [2.45, 2.75) is 43.9 Å². The summed E-state index contributed by atoms with van der Waals surface area (Å²) in [7, 11) is 0. The Morgan fingerprint density at radius 3 is 1.73 bits per heavy atom. The number of nitrogens with one attached hydrogen (secondary N) is 2. The first-order valence-corrected chi connectivity index (χ1v) is 8.41. The Bertz CT molecular complexity index is 575. The summed E-state index contributed by atoms with van der Waals surface area (Å²) < 4.78 is 0. The van der Waals surface area contributed by atoms with Crippen LogP contribution < -0.4 is 10.6 Å². The van der Waals surface area contributed by atoms with Crippen molar-refractivity contribution >= 4 is 0 Å². The third-order valence-corrected chi connectivity index (χ3v) is 5.28. The summed E-state index contributed by atoms with van der Waals surface area (Å²) in [6.07, 6.45) is 3.75. The summed E-state index contributed by atoms with van der Waals surface area (Å²) >= 11 is 0. The highest BCUT2D eigenvalue weighted by molar-refractivity contribution is 5.31. The van der Waals surface area contributed by atoms with Gasteiger partial charge in [-0.05, 0) is 36.3 Å². The lowest BCUT2D eigenvalue weighted by molar-refractivity contribution is 0.316. The molecule has 1 saturated carbocycles. The molecule has 2 fully saturated rings. The van der Waals surface area contributed by atoms with Crippen molar-refractivity contribution in [3.63, 3.8) is 0 Å². The highest BCUT2D eigenvalue weighted by Crippen LogP contribution is 2.44. The standard InChI is InChI=1S/C20H24N2/c1-15-12-13-20(14-15)21-18(16-8-4-2-5-9-16)19(22-20)17-10-6-3-7-11-17/h2-11,15,18-19,21-22H,12-14H2,1H3/t15-,18-,19-/m1/s1. The molecule has 1 spiro atoms. The normalized spacial score (nSPS) is 30.0. The molecule has 114 valence electrons. The molecule has 2 nitrogen and oxygen atoms in total. The molecule has 1 aliphatic carbocycles. The van der Waals surface area contributed by atoms with Gasteiger partial charge in [-0.15, -0.1) is 0 Å². The summed E-state index contributed by atoms with van der Waals surface area (Å²) in [4.78, 5) is 0. The molecule has 1 saturated heterocycles. The third-order valence-electron chi connectivity index (χ3n) is 5.28. The van der Waals surface area contributed by atoms with Gasteiger partial charge in [-0.1, -0.05) is 67.6 Å². The first kappa shape index (κ1) is 14.0. The molecule has 0 radical (unpaired) electrons. The second-order valence-corrected chi connectivity index (χ2v) is 7.00. The summed E-state index contributed by atoms with van der Waals surface area (Å²) in [5, 5.41) is 7.90. The Labute approximate surface area is 132 Å². The van der Waals surface area contributed by atoms with Crippen LogP contribution in [0, 0.1) is 5.92 Å². The van der Waals surface area contributed by atoms with E-state index in [0.717, 1.165) is 5.92 Å². The fraction of sp³-hybridized carbons (Fsp3) is 0.400. The molecule has 0 unspecified atom stereocenters. The minimum atomic E-state index is 0.112. The molecule has 4 rings (SSSR count). The van der Waals surface area contributed by atoms with Gasteiger partial charge < -0.3 is 0 Å². The van der Waals surface area contributed by atoms with Crippen LogP contribution in [0.15, 0.2) is 60.7 Å². The van der Waals surface area contributed by atoms with Crippen LogP contribution in [0.5, 0.6) is 0 Å². The van der Waals surface area contributed by atoms with Crippen molar-refractivity contribution in [3.8, 4) is 0 Å². The van der Waals surface area contributed by atoms with E-state index < -0.39 is 0 Å². The van der Waals surface area contributed by atoms with E-state index >= 15 is 0 Å². The highest BCUT2D eigenvalue weighted by Gasteiger charge is 2.48. The van der Waals surface area contributed by atoms with Crippen LogP contribution in [0.4, 0.5) is 0 Å². The monoisotopic (exact) mass is 292 g/mol. The zero-order valence-electron chi connectivity index (χ0n) is 13.1. The van der Waals surface area contributed by atoms with Gasteiger partial charge in [-0.3, -0.25) is 10.6 Å². The SMILES string of the molecule is C[C@@H]1CCC2(C1)N[C@H](c1ccccc1)[C@@H](c1ccccc1)N2. The quantitative estimate of drug-likeness (QED) is 0.867. The molecular weight excluding hydrogens is 268 g/mol. The first-order valence-electron chi connectivity index (χ1n) is 8.41. The van der Waals surface area contributed by atoms with Gasteiger partial charge in [-0.25, -0.2) is 0 Å². The van der Waals surface area contributed by atoms with Crippen LogP contribution in [0.3, 0.4) is 0 Å². The predicted octanol–water partition coefficient (Wildman–Crippen LogP) is 4.18. The summed E-state index contributed by atoms with van der Waals surface area (Å²) in [5.74, 6) is 0.797. The Morgan fingerprint density at radius 2 is 1.32 bits per heavy atom. The zero-order valence-corrected chi connectivity index (χ0v) is 13.1. The average Bonchev–Trinajstić information content (AvgIpc) is 3.12. The van der Waals surface area contributed by atoms with E-state index in [1.54, 1.807) is 0 Å². The second-order valence-electron chi connectivity index (χ2n) is 7.00. The molecule has 22 heavy (non-hydrogen) atoms. The van der Waals surface area contributed by atoms with Gasteiger partial charge in [0.05, 0.1) is 17.7 Å². The lowest BCUT2D eigenvalue weighted by atomic mass is 9.95. The van der Waals surface area contributed by atoms with E-state index in [2.05, 4.69) is 78.2 Å². The maximum atomic E-state index is 3.95. The average molecular weight is 292 g/mol. The van der Waals surface area contributed by atoms with Crippen LogP contribution in [-0.2, 0) is 0 Å². The predicted molar refractivity (Wildman–Crippen MR) is 90.4 cm³/mol. The van der Waals surface area contributed by atoms with Gasteiger partial charge in [0.1, 0.15) is 0 Å². The molecule has 2 aliphatic rings. The molecule has 0 bridgehead atoms. The van der Waals surface area contributed by atoms with E-state index in [9.17, 15) is 0 Å². The molecule has 3 atom stereocenters. The largest absolute Gasteiger partial charge is 0.290 e. The summed E-state index contributed by atoms with van der Waals surface area (Å²) in [6, 6.07) is 22.4. The van der Waals surface area contributed by atoms with Gasteiger partial charge in [0.25, 0.3) is 0 Å². The maximum Gasteiger partial charge on any atom is 0.0700 e. The Balaban J connectivity index is 1.70. The topological polar surface area (TPSA) is 24.1 Å². The lowest BCUT2D eigenvalue weighted by Gasteiger charge is -2.25. The maximum absolute atomic E-state index is 3.95. The van der Waals surface area contributed by atoms with Gasteiger partial charge in [-0.2, -0.15) is 0 Å². The number of rotatable bonds is 2. The van der Waals surface area contributed by atoms with Gasteiger partial charge >= 0.3 is 0 Å². The molecule has 1 heterocycles. The fourth-order valence-electron chi connectivity index (χ4n) is 4.23.